The van der Waals surface area contributed by atoms with Gasteiger partial charge < -0.3 is 15.0 Å². The van der Waals surface area contributed by atoms with Crippen molar-refractivity contribution in [2.75, 3.05) is 32.1 Å². The van der Waals surface area contributed by atoms with Gasteiger partial charge in [-0.3, -0.25) is 9.59 Å². The Hall–Kier alpha value is -2.69. The molecule has 0 unspecified atom stereocenters. The lowest BCUT2D eigenvalue weighted by Gasteiger charge is -2.22. The van der Waals surface area contributed by atoms with E-state index in [-0.39, 0.29) is 24.8 Å². The molecular weight excluding hydrogens is 487 g/mol. The second-order valence-electron chi connectivity index (χ2n) is 6.51. The van der Waals surface area contributed by atoms with E-state index in [1.54, 1.807) is 0 Å². The third-order valence-electron chi connectivity index (χ3n) is 4.30. The smallest absolute Gasteiger partial charge is 0.253 e. The molecule has 31 heavy (non-hydrogen) atoms. The minimum Gasteiger partial charge on any atom is -0.383 e. The lowest BCUT2D eigenvalue weighted by molar-refractivity contribution is -0.116. The van der Waals surface area contributed by atoms with Gasteiger partial charge in [-0.2, -0.15) is 0 Å². The van der Waals surface area contributed by atoms with Crippen LogP contribution in [0, 0.1) is 5.82 Å². The van der Waals surface area contributed by atoms with Crippen LogP contribution in [-0.4, -0.2) is 53.7 Å². The first kappa shape index (κ1) is 23.0. The van der Waals surface area contributed by atoms with Crippen LogP contribution in [0.1, 0.15) is 16.8 Å². The zero-order valence-electron chi connectivity index (χ0n) is 16.7. The molecule has 0 aliphatic rings. The molecule has 2 aromatic carbocycles. The summed E-state index contributed by atoms with van der Waals surface area (Å²) >= 11 is 4.68. The summed E-state index contributed by atoms with van der Waals surface area (Å²) in [5, 5.41) is 11.9. The number of carbonyl (C=O) groups excluding carboxylic acids is 2. The van der Waals surface area contributed by atoms with Gasteiger partial charge in [0.25, 0.3) is 5.91 Å². The molecule has 0 saturated carbocycles. The zero-order valence-corrected chi connectivity index (χ0v) is 19.1. The maximum absolute atomic E-state index is 13.1. The molecule has 1 heterocycles. The normalized spacial score (nSPS) is 10.7. The van der Waals surface area contributed by atoms with E-state index in [4.69, 9.17) is 4.74 Å². The Balaban J connectivity index is 1.59. The van der Waals surface area contributed by atoms with Crippen LogP contribution in [0.15, 0.2) is 53.0 Å². The van der Waals surface area contributed by atoms with Gasteiger partial charge in [0.05, 0.1) is 6.61 Å². The van der Waals surface area contributed by atoms with Crippen molar-refractivity contribution in [1.29, 1.82) is 0 Å². The predicted octanol–water partition coefficient (Wildman–Crippen LogP) is 4.22. The molecule has 0 saturated heterocycles. The number of benzene rings is 2. The summed E-state index contributed by atoms with van der Waals surface area (Å²) in [7, 11) is 1.53. The maximum atomic E-state index is 13.1. The second-order valence-corrected chi connectivity index (χ2v) is 8.41. The molecule has 0 aliphatic heterocycles. The van der Waals surface area contributed by atoms with E-state index >= 15 is 0 Å². The number of hydrogen-bond donors (Lipinski definition) is 1. The summed E-state index contributed by atoms with van der Waals surface area (Å²) < 4.78 is 19.1. The minimum atomic E-state index is -0.418. The van der Waals surface area contributed by atoms with Crippen molar-refractivity contribution in [2.45, 2.75) is 6.42 Å². The van der Waals surface area contributed by atoms with Crippen LogP contribution in [-0.2, 0) is 9.53 Å². The topological polar surface area (TPSA) is 84.4 Å². The third-order valence-corrected chi connectivity index (χ3v) is 5.68. The molecule has 0 spiro atoms. The van der Waals surface area contributed by atoms with E-state index in [0.29, 0.717) is 28.9 Å². The van der Waals surface area contributed by atoms with Gasteiger partial charge >= 0.3 is 0 Å². The number of aromatic nitrogens is 2. The molecular formula is C21H20BrFN4O3S. The average Bonchev–Trinajstić information content (AvgIpc) is 3.22. The summed E-state index contributed by atoms with van der Waals surface area (Å²) in [4.78, 5) is 26.6. The first-order chi connectivity index (χ1) is 15.0. The Morgan fingerprint density at radius 1 is 1.16 bits per heavy atom. The Kier molecular flexibility index (Phi) is 8.21. The number of carbonyl (C=O) groups is 2. The molecule has 3 aromatic rings. The van der Waals surface area contributed by atoms with Gasteiger partial charge in [0, 0.05) is 42.2 Å². The molecule has 162 valence electrons. The number of anilines is 1. The Labute approximate surface area is 191 Å². The Morgan fingerprint density at radius 2 is 1.94 bits per heavy atom. The molecule has 0 atom stereocenters. The number of nitrogens with one attached hydrogen (secondary N) is 1. The van der Waals surface area contributed by atoms with Gasteiger partial charge in [-0.1, -0.05) is 39.4 Å². The molecule has 1 aromatic heterocycles. The number of nitrogens with zero attached hydrogens (tertiary/aromatic N) is 3. The molecule has 10 heteroatoms. The first-order valence-electron chi connectivity index (χ1n) is 9.39. The molecule has 1 N–H and O–H groups in total. The highest BCUT2D eigenvalue weighted by Crippen LogP contribution is 2.28. The summed E-state index contributed by atoms with van der Waals surface area (Å²) in [5.74, 6) is -0.998. The monoisotopic (exact) mass is 506 g/mol. The molecule has 0 bridgehead atoms. The second kappa shape index (κ2) is 11.1. The van der Waals surface area contributed by atoms with Crippen LogP contribution >= 0.6 is 27.3 Å². The van der Waals surface area contributed by atoms with Gasteiger partial charge in [0.15, 0.2) is 0 Å². The van der Waals surface area contributed by atoms with Gasteiger partial charge in [-0.05, 0) is 36.4 Å². The SMILES string of the molecule is COCCN(CCC(=O)Nc1nnc(-c2cccc(Br)c2)s1)C(=O)c1ccc(F)cc1. The van der Waals surface area contributed by atoms with Crippen molar-refractivity contribution in [1.82, 2.24) is 15.1 Å². The minimum absolute atomic E-state index is 0.0719. The van der Waals surface area contributed by atoms with Crippen LogP contribution < -0.4 is 5.32 Å². The lowest BCUT2D eigenvalue weighted by atomic mass is 10.2. The van der Waals surface area contributed by atoms with Crippen LogP contribution in [0.2, 0.25) is 0 Å². The summed E-state index contributed by atoms with van der Waals surface area (Å²) in [6.45, 7) is 0.815. The third kappa shape index (κ3) is 6.65. The first-order valence-corrected chi connectivity index (χ1v) is 11.0. The van der Waals surface area contributed by atoms with E-state index < -0.39 is 5.82 Å². The number of methoxy groups -OCH3 is 1. The number of amides is 2. The van der Waals surface area contributed by atoms with Crippen molar-refractivity contribution in [3.05, 3.63) is 64.4 Å². The van der Waals surface area contributed by atoms with Gasteiger partial charge in [-0.25, -0.2) is 4.39 Å². The van der Waals surface area contributed by atoms with Gasteiger partial charge in [0.2, 0.25) is 11.0 Å². The predicted molar refractivity (Wildman–Crippen MR) is 120 cm³/mol. The van der Waals surface area contributed by atoms with Crippen LogP contribution in [0.4, 0.5) is 9.52 Å². The van der Waals surface area contributed by atoms with Crippen molar-refractivity contribution < 1.29 is 18.7 Å². The van der Waals surface area contributed by atoms with E-state index in [1.807, 2.05) is 24.3 Å². The molecule has 0 fully saturated rings. The van der Waals surface area contributed by atoms with Crippen molar-refractivity contribution in [3.63, 3.8) is 0 Å². The van der Waals surface area contributed by atoms with Gasteiger partial charge in [-0.15, -0.1) is 10.2 Å². The number of hydrogen-bond acceptors (Lipinski definition) is 6. The standard InChI is InChI=1S/C21H20BrFN4O3S/c1-30-12-11-27(20(29)14-5-7-17(23)8-6-14)10-9-18(28)24-21-26-25-19(31-21)15-3-2-4-16(22)13-15/h2-8,13H,9-12H2,1H3,(H,24,26,28). The molecule has 3 rings (SSSR count). The van der Waals surface area contributed by atoms with Crippen molar-refractivity contribution >= 4 is 44.2 Å². The van der Waals surface area contributed by atoms with Crippen LogP contribution in [0.3, 0.4) is 0 Å². The lowest BCUT2D eigenvalue weighted by Crippen LogP contribution is -2.36. The highest BCUT2D eigenvalue weighted by Gasteiger charge is 2.18. The summed E-state index contributed by atoms with van der Waals surface area (Å²) in [6, 6.07) is 12.9. The maximum Gasteiger partial charge on any atom is 0.253 e. The quantitative estimate of drug-likeness (QED) is 0.469. The summed E-state index contributed by atoms with van der Waals surface area (Å²) in [6.07, 6.45) is 0.0719. The van der Waals surface area contributed by atoms with E-state index in [2.05, 4.69) is 31.4 Å². The van der Waals surface area contributed by atoms with Gasteiger partial charge in [0.1, 0.15) is 10.8 Å². The largest absolute Gasteiger partial charge is 0.383 e. The van der Waals surface area contributed by atoms with E-state index in [0.717, 1.165) is 10.0 Å². The fourth-order valence-electron chi connectivity index (χ4n) is 2.72. The van der Waals surface area contributed by atoms with Crippen LogP contribution in [0.5, 0.6) is 0 Å². The molecule has 0 aliphatic carbocycles. The number of rotatable bonds is 9. The summed E-state index contributed by atoms with van der Waals surface area (Å²) in [5.41, 5.74) is 1.24. The zero-order chi connectivity index (χ0) is 22.2. The van der Waals surface area contributed by atoms with E-state index in [9.17, 15) is 14.0 Å². The van der Waals surface area contributed by atoms with E-state index in [1.165, 1.54) is 47.6 Å². The molecule has 2 amide bonds. The highest BCUT2D eigenvalue weighted by molar-refractivity contribution is 9.10. The van der Waals surface area contributed by atoms with Crippen LogP contribution in [0.25, 0.3) is 10.6 Å². The number of ether oxygens (including phenoxy) is 1. The fraction of sp³-hybridized carbons (Fsp3) is 0.238. The highest BCUT2D eigenvalue weighted by atomic mass is 79.9. The fourth-order valence-corrected chi connectivity index (χ4v) is 3.88. The molecule has 7 nitrogen and oxygen atoms in total. The van der Waals surface area contributed by atoms with Crippen molar-refractivity contribution in [2.24, 2.45) is 0 Å². The Morgan fingerprint density at radius 3 is 2.65 bits per heavy atom. The van der Waals surface area contributed by atoms with Crippen molar-refractivity contribution in [3.8, 4) is 10.6 Å². The Bertz CT molecular complexity index is 1050. The number of halogens is 2. The average molecular weight is 507 g/mol. The molecule has 0 radical (unpaired) electrons.